The quantitative estimate of drug-likeness (QED) is 0.112. The second-order valence-electron chi connectivity index (χ2n) is 9.66. The highest BCUT2D eigenvalue weighted by Crippen LogP contribution is 2.28. The highest BCUT2D eigenvalue weighted by atomic mass is 32.2. The molecule has 3 rings (SSSR count). The molecule has 0 aliphatic rings. The number of benzene rings is 3. The van der Waals surface area contributed by atoms with Crippen molar-refractivity contribution >= 4 is 75.1 Å². The van der Waals surface area contributed by atoms with Crippen LogP contribution >= 0.6 is 0 Å². The first-order valence-electron chi connectivity index (χ1n) is 13.6. The van der Waals surface area contributed by atoms with Gasteiger partial charge in [-0.3, -0.25) is 0 Å². The third-order valence-electron chi connectivity index (χ3n) is 6.67. The molecule has 0 aliphatic heterocycles. The number of hydrogen-bond acceptors (Lipinski definition) is 9. The average molecular weight is 612 g/mol. The van der Waals surface area contributed by atoms with Crippen LogP contribution in [0.15, 0.2) is 42.5 Å². The van der Waals surface area contributed by atoms with Crippen molar-refractivity contribution in [3.8, 4) is 11.5 Å². The molecule has 0 aromatic heterocycles. The van der Waals surface area contributed by atoms with Crippen molar-refractivity contribution in [2.45, 2.75) is 37.9 Å². The van der Waals surface area contributed by atoms with E-state index in [1.165, 1.54) is 18.2 Å². The zero-order valence-electron chi connectivity index (χ0n) is 24.2. The second kappa shape index (κ2) is 16.1. The molecule has 0 saturated heterocycles. The standard InChI is InChI=1S/C29H24B6O9S/c30-10-16-3-19(12-32)25(14-34)23(5-16)28(37)43-21-7-18(27(36)42-1-2-45(39,40)41)8-22(9-21)44-29(38)24-6-17(11-31)4-20(13-33)26(24)15-35/h3-9H,1-2,10-15H2,(H,39,40,41)/p-1. The number of ether oxygens (including phenoxy) is 3. The van der Waals surface area contributed by atoms with Crippen LogP contribution in [0, 0.1) is 0 Å². The number of rotatable bonds is 14. The van der Waals surface area contributed by atoms with Crippen LogP contribution < -0.4 is 9.47 Å². The van der Waals surface area contributed by atoms with Crippen LogP contribution in [0.25, 0.3) is 0 Å². The van der Waals surface area contributed by atoms with Crippen molar-refractivity contribution in [2.75, 3.05) is 12.4 Å². The van der Waals surface area contributed by atoms with Crippen molar-refractivity contribution in [3.05, 3.63) is 92.5 Å². The first-order valence-corrected chi connectivity index (χ1v) is 15.1. The SMILES string of the molecule is [B]Cc1cc(C[B])c(C[B])c(C(=O)Oc2cc(OC(=O)c3cc(C[B])cc(C[B])c3C[B])cc(C(=O)OCCS(=O)(=O)[O-])c2)c1. The predicted molar refractivity (Wildman–Crippen MR) is 171 cm³/mol. The van der Waals surface area contributed by atoms with Crippen molar-refractivity contribution in [3.63, 3.8) is 0 Å². The van der Waals surface area contributed by atoms with Crippen LogP contribution in [0.4, 0.5) is 0 Å². The summed E-state index contributed by atoms with van der Waals surface area (Å²) in [6, 6.07) is 9.83. The smallest absolute Gasteiger partial charge is 0.343 e. The Bertz CT molecular complexity index is 1600. The molecule has 218 valence electrons. The van der Waals surface area contributed by atoms with E-state index in [1.807, 2.05) is 0 Å². The molecule has 16 heteroatoms. The van der Waals surface area contributed by atoms with Gasteiger partial charge in [0.1, 0.15) is 18.1 Å². The molecular weight excluding hydrogens is 589 g/mol. The summed E-state index contributed by atoms with van der Waals surface area (Å²) in [4.78, 5) is 39.5. The van der Waals surface area contributed by atoms with Gasteiger partial charge in [-0.1, -0.05) is 72.3 Å². The van der Waals surface area contributed by atoms with Gasteiger partial charge >= 0.3 is 17.9 Å². The topological polar surface area (TPSA) is 136 Å². The normalized spacial score (nSPS) is 11.1. The van der Waals surface area contributed by atoms with E-state index in [0.29, 0.717) is 33.4 Å². The van der Waals surface area contributed by atoms with Crippen LogP contribution in [0.1, 0.15) is 64.5 Å². The van der Waals surface area contributed by atoms with Gasteiger partial charge in [0, 0.05) is 6.07 Å². The van der Waals surface area contributed by atoms with Crippen LogP contribution in [0.5, 0.6) is 11.5 Å². The summed E-state index contributed by atoms with van der Waals surface area (Å²) in [5.41, 5.74) is 3.05. The number of carbonyl (C=O) groups is 3. The van der Waals surface area contributed by atoms with Crippen molar-refractivity contribution in [1.29, 1.82) is 0 Å². The molecular formula is C29H23B6O9S-. The fraction of sp³-hybridized carbons (Fsp3) is 0.276. The summed E-state index contributed by atoms with van der Waals surface area (Å²) in [6.45, 7) is -0.745. The molecule has 12 radical (unpaired) electrons. The molecule has 0 spiro atoms. The summed E-state index contributed by atoms with van der Waals surface area (Å²) >= 11 is 0. The van der Waals surface area contributed by atoms with Gasteiger partial charge in [-0.2, -0.15) is 0 Å². The van der Waals surface area contributed by atoms with E-state index < -0.39 is 40.4 Å². The highest BCUT2D eigenvalue weighted by molar-refractivity contribution is 7.85. The predicted octanol–water partition coefficient (Wildman–Crippen LogP) is 0.838. The highest BCUT2D eigenvalue weighted by Gasteiger charge is 2.22. The third-order valence-corrected chi connectivity index (χ3v) is 7.33. The number of carbonyl (C=O) groups excluding carboxylic acids is 3. The maximum atomic E-state index is 13.4. The first kappa shape index (κ1) is 35.8. The zero-order chi connectivity index (χ0) is 33.3. The van der Waals surface area contributed by atoms with E-state index in [0.717, 1.165) is 12.1 Å². The largest absolute Gasteiger partial charge is 0.748 e. The Morgan fingerprint density at radius 2 is 1.04 bits per heavy atom. The Hall–Kier alpha value is -3.63. The third kappa shape index (κ3) is 9.43. The summed E-state index contributed by atoms with van der Waals surface area (Å²) in [7, 11) is 30.3. The minimum Gasteiger partial charge on any atom is -0.748 e. The van der Waals surface area contributed by atoms with Gasteiger partial charge < -0.3 is 18.8 Å². The van der Waals surface area contributed by atoms with Crippen LogP contribution in [0.3, 0.4) is 0 Å². The maximum absolute atomic E-state index is 13.4. The summed E-state index contributed by atoms with van der Waals surface area (Å²) in [5.74, 6) is -4.32. The van der Waals surface area contributed by atoms with Gasteiger partial charge in [0.2, 0.25) is 0 Å². The van der Waals surface area contributed by atoms with Crippen LogP contribution in [0.2, 0.25) is 0 Å². The molecule has 0 aliphatic carbocycles. The average Bonchev–Trinajstić information content (AvgIpc) is 3.02. The molecule has 0 heterocycles. The Labute approximate surface area is 270 Å². The molecule has 0 N–H and O–H groups in total. The molecule has 0 bridgehead atoms. The Balaban J connectivity index is 2.05. The van der Waals surface area contributed by atoms with Gasteiger partial charge in [-0.15, -0.1) is 0 Å². The lowest BCUT2D eigenvalue weighted by atomic mass is 9.81. The fourth-order valence-corrected chi connectivity index (χ4v) is 4.78. The van der Waals surface area contributed by atoms with Crippen LogP contribution in [-0.2, 0) is 52.8 Å². The fourth-order valence-electron chi connectivity index (χ4n) is 4.49. The van der Waals surface area contributed by atoms with Gasteiger partial charge in [0.15, 0.2) is 0 Å². The number of esters is 3. The molecule has 3 aromatic rings. The molecule has 0 saturated carbocycles. The molecule has 45 heavy (non-hydrogen) atoms. The van der Waals surface area contributed by atoms with Gasteiger partial charge in [-0.05, 0) is 35.4 Å². The lowest BCUT2D eigenvalue weighted by molar-refractivity contribution is 0.0523. The Morgan fingerprint density at radius 1 is 0.600 bits per heavy atom. The lowest BCUT2D eigenvalue weighted by Gasteiger charge is -2.17. The van der Waals surface area contributed by atoms with Crippen molar-refractivity contribution < 1.29 is 41.6 Å². The number of hydrogen-bond donors (Lipinski definition) is 0. The zero-order valence-corrected chi connectivity index (χ0v) is 25.1. The summed E-state index contributed by atoms with van der Waals surface area (Å²) < 4.78 is 48.9. The molecule has 0 amide bonds. The minimum atomic E-state index is -4.67. The summed E-state index contributed by atoms with van der Waals surface area (Å²) in [5, 5.41) is 0. The summed E-state index contributed by atoms with van der Waals surface area (Å²) in [6.07, 6.45) is 0.249. The maximum Gasteiger partial charge on any atom is 0.343 e. The van der Waals surface area contributed by atoms with E-state index in [-0.39, 0.29) is 66.1 Å². The molecule has 0 fully saturated rings. The van der Waals surface area contributed by atoms with E-state index in [4.69, 9.17) is 61.3 Å². The van der Waals surface area contributed by atoms with E-state index in [9.17, 15) is 27.4 Å². The van der Waals surface area contributed by atoms with Gasteiger partial charge in [-0.25, -0.2) is 22.8 Å². The van der Waals surface area contributed by atoms with E-state index in [1.54, 1.807) is 12.1 Å². The van der Waals surface area contributed by atoms with E-state index >= 15 is 0 Å². The Kier molecular flexibility index (Phi) is 12.8. The van der Waals surface area contributed by atoms with E-state index in [2.05, 4.69) is 0 Å². The molecule has 3 aromatic carbocycles. The molecule has 9 nitrogen and oxygen atoms in total. The van der Waals surface area contributed by atoms with Crippen LogP contribution in [-0.4, -0.2) is 90.3 Å². The van der Waals surface area contributed by atoms with Gasteiger partial charge in [0.25, 0.3) is 0 Å². The first-order chi connectivity index (χ1) is 21.4. The Morgan fingerprint density at radius 3 is 1.40 bits per heavy atom. The minimum absolute atomic E-state index is 0.0458. The second-order valence-corrected chi connectivity index (χ2v) is 11.2. The lowest BCUT2D eigenvalue weighted by Crippen LogP contribution is -2.17. The van der Waals surface area contributed by atoms with Gasteiger partial charge in [0.05, 0.1) is 79.6 Å². The molecule has 0 unspecified atom stereocenters. The van der Waals surface area contributed by atoms with Crippen molar-refractivity contribution in [2.24, 2.45) is 0 Å². The monoisotopic (exact) mass is 613 g/mol. The van der Waals surface area contributed by atoms with Crippen molar-refractivity contribution in [1.82, 2.24) is 0 Å². The molecule has 0 atom stereocenters.